The van der Waals surface area contributed by atoms with E-state index in [1.54, 1.807) is 36.3 Å². The van der Waals surface area contributed by atoms with Gasteiger partial charge >= 0.3 is 0 Å². The van der Waals surface area contributed by atoms with Gasteiger partial charge in [0.25, 0.3) is 5.91 Å². The van der Waals surface area contributed by atoms with Crippen LogP contribution in [-0.4, -0.2) is 16.0 Å². The molecule has 3 rings (SSSR count). The summed E-state index contributed by atoms with van der Waals surface area (Å²) < 4.78 is 5.20. The van der Waals surface area contributed by atoms with E-state index in [4.69, 9.17) is 4.52 Å². The molecule has 2 heterocycles. The molecule has 0 aliphatic rings. The molecule has 1 N–H and O–H groups in total. The van der Waals surface area contributed by atoms with E-state index in [1.165, 1.54) is 0 Å². The Morgan fingerprint density at radius 3 is 2.74 bits per heavy atom. The molecule has 6 heteroatoms. The summed E-state index contributed by atoms with van der Waals surface area (Å²) in [4.78, 5) is 17.3. The first-order valence-electron chi connectivity index (χ1n) is 7.08. The molecule has 0 bridgehead atoms. The molecule has 3 aromatic rings. The molecule has 1 amide bonds. The predicted molar refractivity (Wildman–Crippen MR) is 89.4 cm³/mol. The molecule has 0 saturated heterocycles. The maximum absolute atomic E-state index is 12.5. The highest BCUT2D eigenvalue weighted by molar-refractivity contribution is 7.98. The lowest BCUT2D eigenvalue weighted by molar-refractivity contribution is 0.102. The van der Waals surface area contributed by atoms with Crippen LogP contribution in [0.3, 0.4) is 0 Å². The number of anilines is 1. The van der Waals surface area contributed by atoms with Gasteiger partial charge in [0.1, 0.15) is 5.76 Å². The fraction of sp³-hybridized carbons (Fsp3) is 0.118. The van der Waals surface area contributed by atoms with Gasteiger partial charge in [-0.3, -0.25) is 9.78 Å². The minimum Gasteiger partial charge on any atom is -0.360 e. The smallest absolute Gasteiger partial charge is 0.256 e. The molecule has 0 unspecified atom stereocenters. The van der Waals surface area contributed by atoms with E-state index in [0.717, 1.165) is 22.0 Å². The third-order valence-electron chi connectivity index (χ3n) is 3.12. The zero-order valence-corrected chi connectivity index (χ0v) is 13.3. The van der Waals surface area contributed by atoms with Gasteiger partial charge in [0.05, 0.1) is 17.0 Å². The van der Waals surface area contributed by atoms with Gasteiger partial charge in [-0.25, -0.2) is 0 Å². The van der Waals surface area contributed by atoms with Crippen molar-refractivity contribution in [3.8, 4) is 0 Å². The fourth-order valence-electron chi connectivity index (χ4n) is 2.05. The topological polar surface area (TPSA) is 68.0 Å². The van der Waals surface area contributed by atoms with Crippen LogP contribution in [0.4, 0.5) is 5.69 Å². The van der Waals surface area contributed by atoms with Crippen molar-refractivity contribution in [2.45, 2.75) is 17.6 Å². The Labute approximate surface area is 138 Å². The van der Waals surface area contributed by atoms with E-state index < -0.39 is 0 Å². The molecule has 0 saturated carbocycles. The lowest BCUT2D eigenvalue weighted by Gasteiger charge is -2.09. The second kappa shape index (κ2) is 7.11. The van der Waals surface area contributed by atoms with E-state index in [2.05, 4.69) is 15.5 Å². The molecule has 23 heavy (non-hydrogen) atoms. The maximum Gasteiger partial charge on any atom is 0.256 e. The Morgan fingerprint density at radius 1 is 1.22 bits per heavy atom. The summed E-state index contributed by atoms with van der Waals surface area (Å²) in [6, 6.07) is 12.9. The standard InChI is InChI=1S/C17H15N3O2S/c1-12-10-14(22-20-12)11-23-16-5-3-2-4-15(16)17(21)19-13-6-8-18-9-7-13/h2-10H,11H2,1H3,(H,18,19,21). The van der Waals surface area contributed by atoms with E-state index in [-0.39, 0.29) is 5.91 Å². The summed E-state index contributed by atoms with van der Waals surface area (Å²) in [5.41, 5.74) is 2.20. The number of carbonyl (C=O) groups is 1. The molecule has 1 aromatic carbocycles. The highest BCUT2D eigenvalue weighted by Gasteiger charge is 2.12. The van der Waals surface area contributed by atoms with Crippen molar-refractivity contribution in [3.63, 3.8) is 0 Å². The monoisotopic (exact) mass is 325 g/mol. The highest BCUT2D eigenvalue weighted by Crippen LogP contribution is 2.27. The molecule has 5 nitrogen and oxygen atoms in total. The van der Waals surface area contributed by atoms with Gasteiger partial charge in [-0.05, 0) is 31.2 Å². The Hall–Kier alpha value is -2.60. The van der Waals surface area contributed by atoms with Gasteiger partial charge < -0.3 is 9.84 Å². The van der Waals surface area contributed by atoms with E-state index in [1.807, 2.05) is 37.3 Å². The number of hydrogen-bond donors (Lipinski definition) is 1. The summed E-state index contributed by atoms with van der Waals surface area (Å²) in [6.07, 6.45) is 3.28. The number of pyridine rings is 1. The van der Waals surface area contributed by atoms with Crippen molar-refractivity contribution in [1.29, 1.82) is 0 Å². The van der Waals surface area contributed by atoms with Gasteiger partial charge in [0.2, 0.25) is 0 Å². The van der Waals surface area contributed by atoms with Crippen LogP contribution in [0.15, 0.2) is 64.3 Å². The molecule has 0 aliphatic carbocycles. The van der Waals surface area contributed by atoms with Crippen molar-refractivity contribution in [2.24, 2.45) is 0 Å². The Kier molecular flexibility index (Phi) is 4.73. The van der Waals surface area contributed by atoms with Crippen molar-refractivity contribution in [2.75, 3.05) is 5.32 Å². The number of nitrogens with zero attached hydrogens (tertiary/aromatic N) is 2. The Balaban J connectivity index is 1.73. The van der Waals surface area contributed by atoms with Crippen LogP contribution in [0.25, 0.3) is 0 Å². The molecule has 0 aliphatic heterocycles. The van der Waals surface area contributed by atoms with Crippen molar-refractivity contribution in [3.05, 3.63) is 71.9 Å². The van der Waals surface area contributed by atoms with Crippen molar-refractivity contribution >= 4 is 23.4 Å². The summed E-state index contributed by atoms with van der Waals surface area (Å²) in [5, 5.41) is 6.74. The van der Waals surface area contributed by atoms with Crippen molar-refractivity contribution in [1.82, 2.24) is 10.1 Å². The minimum atomic E-state index is -0.145. The van der Waals surface area contributed by atoms with Crippen LogP contribution in [0, 0.1) is 6.92 Å². The molecule has 0 fully saturated rings. The first-order chi connectivity index (χ1) is 11.2. The third kappa shape index (κ3) is 3.98. The second-order valence-electron chi connectivity index (χ2n) is 4.91. The minimum absolute atomic E-state index is 0.145. The number of hydrogen-bond acceptors (Lipinski definition) is 5. The van der Waals surface area contributed by atoms with Gasteiger partial charge in [-0.2, -0.15) is 0 Å². The summed E-state index contributed by atoms with van der Waals surface area (Å²) in [6.45, 7) is 1.88. The van der Waals surface area contributed by atoms with E-state index >= 15 is 0 Å². The maximum atomic E-state index is 12.5. The van der Waals surface area contributed by atoms with E-state index in [9.17, 15) is 4.79 Å². The quantitative estimate of drug-likeness (QED) is 0.720. The van der Waals surface area contributed by atoms with Gasteiger partial charge in [-0.15, -0.1) is 11.8 Å². The number of carbonyl (C=O) groups excluding carboxylic acids is 1. The summed E-state index contributed by atoms with van der Waals surface area (Å²) >= 11 is 1.55. The molecule has 2 aromatic heterocycles. The number of nitrogens with one attached hydrogen (secondary N) is 1. The fourth-order valence-corrected chi connectivity index (χ4v) is 2.97. The second-order valence-corrected chi connectivity index (χ2v) is 5.93. The molecule has 0 radical (unpaired) electrons. The largest absolute Gasteiger partial charge is 0.360 e. The van der Waals surface area contributed by atoms with Crippen LogP contribution >= 0.6 is 11.8 Å². The number of amides is 1. The normalized spacial score (nSPS) is 10.5. The van der Waals surface area contributed by atoms with Crippen LogP contribution in [0.1, 0.15) is 21.8 Å². The Morgan fingerprint density at radius 2 is 2.00 bits per heavy atom. The van der Waals surface area contributed by atoms with Crippen LogP contribution in [0.5, 0.6) is 0 Å². The first-order valence-corrected chi connectivity index (χ1v) is 8.06. The number of aryl methyl sites for hydroxylation is 1. The molecule has 0 atom stereocenters. The third-order valence-corrected chi connectivity index (χ3v) is 4.21. The van der Waals surface area contributed by atoms with Crippen LogP contribution in [-0.2, 0) is 5.75 Å². The Bertz CT molecular complexity index is 802. The average Bonchev–Trinajstić information content (AvgIpc) is 2.99. The molecular formula is C17H15N3O2S. The lowest BCUT2D eigenvalue weighted by atomic mass is 10.2. The number of aromatic nitrogens is 2. The highest BCUT2D eigenvalue weighted by atomic mass is 32.2. The summed E-state index contributed by atoms with van der Waals surface area (Å²) in [7, 11) is 0. The zero-order valence-electron chi connectivity index (χ0n) is 12.5. The predicted octanol–water partition coefficient (Wildman–Crippen LogP) is 3.92. The van der Waals surface area contributed by atoms with Gasteiger partial charge in [0, 0.05) is 29.0 Å². The van der Waals surface area contributed by atoms with Crippen LogP contribution in [0.2, 0.25) is 0 Å². The van der Waals surface area contributed by atoms with E-state index in [0.29, 0.717) is 11.3 Å². The average molecular weight is 325 g/mol. The molecule has 0 spiro atoms. The van der Waals surface area contributed by atoms with Crippen LogP contribution < -0.4 is 5.32 Å². The first kappa shape index (κ1) is 15.3. The SMILES string of the molecule is Cc1cc(CSc2ccccc2C(=O)Nc2ccncc2)on1. The summed E-state index contributed by atoms with van der Waals surface area (Å²) in [5.74, 6) is 1.27. The molecular weight excluding hydrogens is 310 g/mol. The van der Waals surface area contributed by atoms with Gasteiger partial charge in [-0.1, -0.05) is 17.3 Å². The molecule has 116 valence electrons. The van der Waals surface area contributed by atoms with Crippen molar-refractivity contribution < 1.29 is 9.32 Å². The zero-order chi connectivity index (χ0) is 16.1. The number of thioether (sulfide) groups is 1. The number of benzene rings is 1. The lowest BCUT2D eigenvalue weighted by Crippen LogP contribution is -2.12. The number of rotatable bonds is 5. The van der Waals surface area contributed by atoms with Gasteiger partial charge in [0.15, 0.2) is 0 Å².